The van der Waals surface area contributed by atoms with E-state index in [1.807, 2.05) is 0 Å². The normalized spacial score (nSPS) is 13.3. The Morgan fingerprint density at radius 1 is 0.141 bits per heavy atom. The van der Waals surface area contributed by atoms with Gasteiger partial charge in [0.15, 0.2) is 0 Å². The average Bonchev–Trinajstić information content (AvgIpc) is 3.52. The summed E-state index contributed by atoms with van der Waals surface area (Å²) in [5.41, 5.74) is 0. The second-order valence-electron chi connectivity index (χ2n) is 29.8. The number of unbranched alkanes of at least 4 members (excludes halogenated alkanes) is 62. The summed E-state index contributed by atoms with van der Waals surface area (Å²) in [6.07, 6.45) is 108. The van der Waals surface area contributed by atoms with E-state index in [4.69, 9.17) is 4.74 Å². The predicted octanol–water partition coefficient (Wildman–Crippen LogP) is 32.0. The largest absolute Gasteiger partial charge is 0.375 e. The lowest BCUT2D eigenvalue weighted by Crippen LogP contribution is -2.24. The monoisotopic (exact) mass is 1200 g/mol. The predicted molar refractivity (Wildman–Crippen MR) is 391 cm³/mol. The molecule has 0 aliphatic carbocycles. The van der Waals surface area contributed by atoms with Gasteiger partial charge in [0.05, 0.1) is 12.2 Å². The number of hydrogen-bond donors (Lipinski definition) is 0. The van der Waals surface area contributed by atoms with Crippen molar-refractivity contribution in [3.8, 4) is 0 Å². The average molecular weight is 1200 g/mol. The molecule has 0 aliphatic rings. The lowest BCUT2D eigenvalue weighted by Gasteiger charge is -2.27. The van der Waals surface area contributed by atoms with E-state index in [2.05, 4.69) is 41.5 Å². The van der Waals surface area contributed by atoms with E-state index in [0.29, 0.717) is 12.2 Å². The van der Waals surface area contributed by atoms with Crippen molar-refractivity contribution in [1.82, 2.24) is 0 Å². The van der Waals surface area contributed by atoms with Gasteiger partial charge in [-0.3, -0.25) is 0 Å². The van der Waals surface area contributed by atoms with Crippen molar-refractivity contribution >= 4 is 0 Å². The quantitative estimate of drug-likeness (QED) is 0.0552. The highest BCUT2D eigenvalue weighted by Crippen LogP contribution is 2.28. The molecule has 4 atom stereocenters. The maximum atomic E-state index is 7.47. The molecule has 0 rings (SSSR count). The number of rotatable bonds is 78. The van der Waals surface area contributed by atoms with Gasteiger partial charge in [0.2, 0.25) is 0 Å². The Morgan fingerprint density at radius 2 is 0.271 bits per heavy atom. The molecule has 0 bridgehead atoms. The lowest BCUT2D eigenvalue weighted by molar-refractivity contribution is -0.0352. The van der Waals surface area contributed by atoms with Crippen LogP contribution < -0.4 is 0 Å². The third-order valence-corrected chi connectivity index (χ3v) is 20.7. The van der Waals surface area contributed by atoms with E-state index < -0.39 is 0 Å². The lowest BCUT2D eigenvalue weighted by atomic mass is 9.93. The van der Waals surface area contributed by atoms with E-state index in [0.717, 1.165) is 11.8 Å². The molecule has 4 unspecified atom stereocenters. The van der Waals surface area contributed by atoms with Crippen LogP contribution in [0.15, 0.2) is 0 Å². The summed E-state index contributed by atoms with van der Waals surface area (Å²) in [6, 6.07) is 0. The molecule has 0 N–H and O–H groups in total. The van der Waals surface area contributed by atoms with Crippen molar-refractivity contribution in [3.63, 3.8) is 0 Å². The summed E-state index contributed by atoms with van der Waals surface area (Å²) in [5.74, 6) is 1.69. The van der Waals surface area contributed by atoms with Crippen LogP contribution in [-0.2, 0) is 4.74 Å². The van der Waals surface area contributed by atoms with Crippen molar-refractivity contribution in [2.75, 3.05) is 0 Å². The summed E-state index contributed by atoms with van der Waals surface area (Å²) in [4.78, 5) is 0. The molecule has 0 saturated heterocycles. The third kappa shape index (κ3) is 72.9. The Balaban J connectivity index is 5.03. The van der Waals surface area contributed by atoms with Crippen LogP contribution in [0.1, 0.15) is 517 Å². The van der Waals surface area contributed by atoms with E-state index >= 15 is 0 Å². The molecule has 0 saturated carbocycles. The molecule has 1 nitrogen and oxygen atoms in total. The fourth-order valence-electron chi connectivity index (χ4n) is 14.3. The molecule has 85 heavy (non-hydrogen) atoms. The van der Waals surface area contributed by atoms with Crippen LogP contribution in [0.2, 0.25) is 0 Å². The maximum Gasteiger partial charge on any atom is 0.0579 e. The van der Waals surface area contributed by atoms with Crippen LogP contribution in [0.5, 0.6) is 0 Å². The second kappa shape index (κ2) is 76.4. The van der Waals surface area contributed by atoms with Crippen molar-refractivity contribution in [2.45, 2.75) is 529 Å². The summed E-state index contributed by atoms with van der Waals surface area (Å²) in [6.45, 7) is 14.5. The molecule has 0 aliphatic heterocycles. The molecule has 512 valence electrons. The fourth-order valence-corrected chi connectivity index (χ4v) is 14.3. The van der Waals surface area contributed by atoms with Gasteiger partial charge in [-0.15, -0.1) is 0 Å². The minimum absolute atomic E-state index is 0.483. The van der Waals surface area contributed by atoms with Crippen LogP contribution in [-0.4, -0.2) is 12.2 Å². The first-order valence-corrected chi connectivity index (χ1v) is 41.7. The highest BCUT2D eigenvalue weighted by molar-refractivity contribution is 4.70. The highest BCUT2D eigenvalue weighted by Gasteiger charge is 2.19. The summed E-state index contributed by atoms with van der Waals surface area (Å²) < 4.78 is 7.47. The molecule has 1 heteroatoms. The molecule has 0 fully saturated rings. The van der Waals surface area contributed by atoms with Crippen LogP contribution in [0, 0.1) is 11.8 Å². The van der Waals surface area contributed by atoms with Gasteiger partial charge in [0, 0.05) is 0 Å². The molecule has 0 aromatic heterocycles. The molecule has 0 aromatic rings. The third-order valence-electron chi connectivity index (χ3n) is 20.7. The molecule has 0 spiro atoms. The van der Waals surface area contributed by atoms with Gasteiger partial charge in [-0.2, -0.15) is 0 Å². The summed E-state index contributed by atoms with van der Waals surface area (Å²) in [7, 11) is 0. The van der Waals surface area contributed by atoms with Gasteiger partial charge in [-0.25, -0.2) is 0 Å². The maximum absolute atomic E-state index is 7.47. The van der Waals surface area contributed by atoms with Gasteiger partial charge in [-0.1, -0.05) is 478 Å². The molecule has 0 aromatic carbocycles. The Labute approximate surface area is 542 Å². The first-order valence-electron chi connectivity index (χ1n) is 41.7. The minimum Gasteiger partial charge on any atom is -0.375 e. The fraction of sp³-hybridized carbons (Fsp3) is 1.00. The van der Waals surface area contributed by atoms with E-state index in [9.17, 15) is 0 Å². The van der Waals surface area contributed by atoms with Gasteiger partial charge in [0.25, 0.3) is 0 Å². The van der Waals surface area contributed by atoms with Gasteiger partial charge in [-0.05, 0) is 50.4 Å². The van der Waals surface area contributed by atoms with Crippen LogP contribution in [0.4, 0.5) is 0 Å². The molecular weight excluding hydrogens is 1020 g/mol. The van der Waals surface area contributed by atoms with Crippen molar-refractivity contribution in [3.05, 3.63) is 0 Å². The minimum atomic E-state index is 0.483. The van der Waals surface area contributed by atoms with Crippen molar-refractivity contribution in [2.24, 2.45) is 11.8 Å². The van der Waals surface area contributed by atoms with Crippen molar-refractivity contribution < 1.29 is 4.74 Å². The first-order chi connectivity index (χ1) is 42.1. The zero-order valence-corrected chi connectivity index (χ0v) is 61.0. The molecular formula is C84H170O. The van der Waals surface area contributed by atoms with E-state index in [-0.39, 0.29) is 0 Å². The summed E-state index contributed by atoms with van der Waals surface area (Å²) >= 11 is 0. The van der Waals surface area contributed by atoms with Gasteiger partial charge >= 0.3 is 0 Å². The first kappa shape index (κ1) is 85.0. The highest BCUT2D eigenvalue weighted by atomic mass is 16.5. The van der Waals surface area contributed by atoms with Gasteiger partial charge < -0.3 is 4.74 Å². The molecule has 0 heterocycles. The van der Waals surface area contributed by atoms with Crippen LogP contribution >= 0.6 is 0 Å². The van der Waals surface area contributed by atoms with Crippen LogP contribution in [0.25, 0.3) is 0 Å². The number of hydrogen-bond acceptors (Lipinski definition) is 1. The molecule has 0 radical (unpaired) electrons. The van der Waals surface area contributed by atoms with Crippen molar-refractivity contribution in [1.29, 1.82) is 0 Å². The Bertz CT molecular complexity index is 1040. The SMILES string of the molecule is CCCCCCCCCCCCCCCCCCCCC(C)CCC(CCCCCCCCCCCCCCCCC)OC(CCCCCCCCCCCCCCCCC)CCC(C)CCCCCCCCCCCCCCCCCCCC. The topological polar surface area (TPSA) is 9.23 Å². The Morgan fingerprint density at radius 3 is 0.424 bits per heavy atom. The van der Waals surface area contributed by atoms with Crippen LogP contribution in [0.3, 0.4) is 0 Å². The van der Waals surface area contributed by atoms with E-state index in [1.54, 1.807) is 0 Å². The molecule has 0 amide bonds. The zero-order valence-electron chi connectivity index (χ0n) is 61.0. The van der Waals surface area contributed by atoms with E-state index in [1.165, 1.54) is 475 Å². The number of ether oxygens (including phenoxy) is 1. The standard InChI is InChI=1S/C84H170O/c1-7-11-15-19-23-27-31-35-39-41-43-47-49-53-57-61-65-69-73-81(5)77-79-83(75-71-67-63-59-55-51-45-37-33-29-25-21-17-13-9-3)85-84(76-72-68-64-60-56-52-46-38-34-30-26-22-18-14-10-4)80-78-82(6)74-70-66-62-58-54-50-48-44-42-40-36-32-28-24-20-16-12-8-2/h81-84H,7-80H2,1-6H3. The zero-order chi connectivity index (χ0) is 61.3. The second-order valence-corrected chi connectivity index (χ2v) is 29.8. The smallest absolute Gasteiger partial charge is 0.0579 e. The van der Waals surface area contributed by atoms with Gasteiger partial charge in [0.1, 0.15) is 0 Å². The Kier molecular flexibility index (Phi) is 76.4. The summed E-state index contributed by atoms with van der Waals surface area (Å²) in [5, 5.41) is 0. The Hall–Kier alpha value is -0.0400.